The monoisotopic (exact) mass is 231 g/mol. The molecule has 0 aromatic heterocycles. The molecule has 0 bridgehead atoms. The van der Waals surface area contributed by atoms with Gasteiger partial charge < -0.3 is 5.32 Å². The van der Waals surface area contributed by atoms with Crippen molar-refractivity contribution in [3.05, 3.63) is 29.6 Å². The molecule has 0 spiro atoms. The van der Waals surface area contributed by atoms with E-state index in [9.17, 15) is 13.2 Å². The van der Waals surface area contributed by atoms with Crippen LogP contribution in [0.2, 0.25) is 0 Å². The molecular formula is C12H16F3N. The van der Waals surface area contributed by atoms with E-state index in [1.54, 1.807) is 0 Å². The highest BCUT2D eigenvalue weighted by molar-refractivity contribution is 5.46. The fraction of sp³-hybridized carbons (Fsp3) is 0.500. The summed E-state index contributed by atoms with van der Waals surface area (Å²) in [6.45, 7) is 5.91. The highest BCUT2D eigenvalue weighted by Crippen LogP contribution is 2.22. The lowest BCUT2D eigenvalue weighted by Crippen LogP contribution is -2.24. The molecule has 0 aliphatic heterocycles. The molecule has 0 fully saturated rings. The Kier molecular flexibility index (Phi) is 4.21. The van der Waals surface area contributed by atoms with Crippen molar-refractivity contribution in [2.75, 3.05) is 5.32 Å². The van der Waals surface area contributed by atoms with Crippen molar-refractivity contribution < 1.29 is 13.2 Å². The Bertz CT molecular complexity index is 366. The molecule has 2 atom stereocenters. The van der Waals surface area contributed by atoms with Gasteiger partial charge in [-0.15, -0.1) is 0 Å². The lowest BCUT2D eigenvalue weighted by molar-refractivity contribution is 0.444. The predicted molar refractivity (Wildman–Crippen MR) is 58.9 cm³/mol. The van der Waals surface area contributed by atoms with Crippen LogP contribution in [-0.4, -0.2) is 6.04 Å². The Balaban J connectivity index is 2.86. The molecule has 1 aromatic rings. The molecule has 16 heavy (non-hydrogen) atoms. The maximum atomic E-state index is 13.3. The summed E-state index contributed by atoms with van der Waals surface area (Å²) in [5.41, 5.74) is 0.00620. The Morgan fingerprint density at radius 2 is 1.75 bits per heavy atom. The second-order valence-corrected chi connectivity index (χ2v) is 4.04. The Labute approximate surface area is 93.7 Å². The molecule has 0 heterocycles. The number of anilines is 1. The average molecular weight is 231 g/mol. The van der Waals surface area contributed by atoms with Gasteiger partial charge in [-0.3, -0.25) is 0 Å². The van der Waals surface area contributed by atoms with E-state index in [2.05, 4.69) is 5.32 Å². The van der Waals surface area contributed by atoms with Crippen LogP contribution >= 0.6 is 0 Å². The number of hydrogen-bond acceptors (Lipinski definition) is 1. The minimum Gasteiger partial charge on any atom is -0.380 e. The van der Waals surface area contributed by atoms with Gasteiger partial charge in [0.2, 0.25) is 0 Å². The van der Waals surface area contributed by atoms with Gasteiger partial charge in [0.05, 0.1) is 5.69 Å². The lowest BCUT2D eigenvalue weighted by atomic mass is 10.0. The quantitative estimate of drug-likeness (QED) is 0.773. The van der Waals surface area contributed by atoms with Crippen LogP contribution in [0.1, 0.15) is 27.2 Å². The van der Waals surface area contributed by atoms with Crippen molar-refractivity contribution in [3.63, 3.8) is 0 Å². The Morgan fingerprint density at radius 1 is 1.12 bits per heavy atom. The minimum atomic E-state index is -1.43. The first-order valence-electron chi connectivity index (χ1n) is 5.37. The highest BCUT2D eigenvalue weighted by atomic mass is 19.2. The second-order valence-electron chi connectivity index (χ2n) is 4.04. The first-order valence-corrected chi connectivity index (χ1v) is 5.37. The molecule has 0 saturated carbocycles. The molecule has 0 aliphatic carbocycles. The number of benzene rings is 1. The summed E-state index contributed by atoms with van der Waals surface area (Å²) < 4.78 is 38.9. The molecule has 1 nitrogen and oxygen atoms in total. The van der Waals surface area contributed by atoms with Crippen LogP contribution in [-0.2, 0) is 0 Å². The normalized spacial score (nSPS) is 14.6. The molecule has 1 N–H and O–H groups in total. The zero-order chi connectivity index (χ0) is 12.3. The Hall–Kier alpha value is -1.19. The van der Waals surface area contributed by atoms with Gasteiger partial charge in [0.15, 0.2) is 17.5 Å². The lowest BCUT2D eigenvalue weighted by Gasteiger charge is -2.21. The maximum absolute atomic E-state index is 13.3. The van der Waals surface area contributed by atoms with Crippen LogP contribution in [0.15, 0.2) is 12.1 Å². The van der Waals surface area contributed by atoms with Crippen molar-refractivity contribution in [1.82, 2.24) is 0 Å². The smallest absolute Gasteiger partial charge is 0.196 e. The molecule has 1 aromatic carbocycles. The number of halogens is 3. The third-order valence-corrected chi connectivity index (χ3v) is 2.92. The topological polar surface area (TPSA) is 12.0 Å². The van der Waals surface area contributed by atoms with Crippen LogP contribution in [0.25, 0.3) is 0 Å². The zero-order valence-corrected chi connectivity index (χ0v) is 9.65. The average Bonchev–Trinajstić information content (AvgIpc) is 2.28. The van der Waals surface area contributed by atoms with Crippen molar-refractivity contribution in [2.45, 2.75) is 33.2 Å². The van der Waals surface area contributed by atoms with E-state index in [4.69, 9.17) is 0 Å². The van der Waals surface area contributed by atoms with Gasteiger partial charge in [0, 0.05) is 6.04 Å². The molecule has 0 saturated heterocycles. The van der Waals surface area contributed by atoms with Gasteiger partial charge in [0.1, 0.15) is 0 Å². The first-order chi connectivity index (χ1) is 7.47. The highest BCUT2D eigenvalue weighted by Gasteiger charge is 2.16. The van der Waals surface area contributed by atoms with Gasteiger partial charge in [-0.2, -0.15) is 0 Å². The van der Waals surface area contributed by atoms with Crippen LogP contribution in [0, 0.1) is 23.4 Å². The summed E-state index contributed by atoms with van der Waals surface area (Å²) in [4.78, 5) is 0. The van der Waals surface area contributed by atoms with Crippen molar-refractivity contribution in [1.29, 1.82) is 0 Å². The van der Waals surface area contributed by atoms with E-state index in [-0.39, 0.29) is 11.7 Å². The SMILES string of the molecule is CCC(C)C(C)Nc1ccc(F)c(F)c1F. The standard InChI is InChI=1S/C12H16F3N/c1-4-7(2)8(3)16-10-6-5-9(13)11(14)12(10)15/h5-8,16H,4H2,1-3H3. The summed E-state index contributed by atoms with van der Waals surface area (Å²) in [5.74, 6) is -3.43. The molecule has 2 unspecified atom stereocenters. The zero-order valence-electron chi connectivity index (χ0n) is 9.65. The Morgan fingerprint density at radius 3 is 2.31 bits per heavy atom. The molecule has 4 heteroatoms. The van der Waals surface area contributed by atoms with E-state index < -0.39 is 17.5 Å². The second kappa shape index (κ2) is 5.23. The van der Waals surface area contributed by atoms with Crippen molar-refractivity contribution >= 4 is 5.69 Å². The van der Waals surface area contributed by atoms with Crippen molar-refractivity contribution in [2.24, 2.45) is 5.92 Å². The molecule has 0 amide bonds. The molecule has 90 valence electrons. The summed E-state index contributed by atoms with van der Waals surface area (Å²) in [6, 6.07) is 2.14. The van der Waals surface area contributed by atoms with Gasteiger partial charge in [-0.1, -0.05) is 20.3 Å². The fourth-order valence-corrected chi connectivity index (χ4v) is 1.38. The van der Waals surface area contributed by atoms with E-state index in [0.29, 0.717) is 5.92 Å². The number of rotatable bonds is 4. The number of hydrogen-bond donors (Lipinski definition) is 1. The maximum Gasteiger partial charge on any atom is 0.196 e. The van der Waals surface area contributed by atoms with Crippen LogP contribution in [0.3, 0.4) is 0 Å². The van der Waals surface area contributed by atoms with Gasteiger partial charge >= 0.3 is 0 Å². The summed E-state index contributed by atoms with van der Waals surface area (Å²) in [5, 5.41) is 2.85. The predicted octanol–water partition coefficient (Wildman–Crippen LogP) is 3.95. The number of nitrogens with one attached hydrogen (secondary N) is 1. The van der Waals surface area contributed by atoms with Gasteiger partial charge in [-0.05, 0) is 25.0 Å². The largest absolute Gasteiger partial charge is 0.380 e. The third-order valence-electron chi connectivity index (χ3n) is 2.92. The third kappa shape index (κ3) is 2.68. The fourth-order valence-electron chi connectivity index (χ4n) is 1.38. The van der Waals surface area contributed by atoms with E-state index in [1.807, 2.05) is 20.8 Å². The molecule has 0 radical (unpaired) electrons. The van der Waals surface area contributed by atoms with Crippen LogP contribution < -0.4 is 5.32 Å². The van der Waals surface area contributed by atoms with Gasteiger partial charge in [-0.25, -0.2) is 13.2 Å². The molecule has 1 rings (SSSR count). The van der Waals surface area contributed by atoms with Gasteiger partial charge in [0.25, 0.3) is 0 Å². The molecule has 0 aliphatic rings. The van der Waals surface area contributed by atoms with Crippen LogP contribution in [0.5, 0.6) is 0 Å². The van der Waals surface area contributed by atoms with E-state index in [1.165, 1.54) is 6.07 Å². The summed E-state index contributed by atoms with van der Waals surface area (Å²) in [6.07, 6.45) is 0.930. The summed E-state index contributed by atoms with van der Waals surface area (Å²) >= 11 is 0. The molecular weight excluding hydrogens is 215 g/mol. The van der Waals surface area contributed by atoms with Crippen molar-refractivity contribution in [3.8, 4) is 0 Å². The van der Waals surface area contributed by atoms with E-state index in [0.717, 1.165) is 12.5 Å². The first kappa shape index (κ1) is 12.9. The minimum absolute atomic E-state index is 0.00404. The van der Waals surface area contributed by atoms with Crippen LogP contribution in [0.4, 0.5) is 18.9 Å². The summed E-state index contributed by atoms with van der Waals surface area (Å²) in [7, 11) is 0. The van der Waals surface area contributed by atoms with E-state index >= 15 is 0 Å².